The van der Waals surface area contributed by atoms with Gasteiger partial charge in [0.2, 0.25) is 11.8 Å². The van der Waals surface area contributed by atoms with Gasteiger partial charge in [-0.3, -0.25) is 14.9 Å². The molecule has 2 rings (SSSR count). The molecule has 108 valence electrons. The van der Waals surface area contributed by atoms with Crippen LogP contribution >= 0.6 is 0 Å². The Labute approximate surface area is 116 Å². The maximum Gasteiger partial charge on any atom is 0.263 e. The third-order valence-electron chi connectivity index (χ3n) is 3.74. The molecule has 2 atom stereocenters. The molecule has 0 saturated carbocycles. The lowest BCUT2D eigenvalue weighted by molar-refractivity contribution is -0.138. The van der Waals surface area contributed by atoms with Gasteiger partial charge in [0.1, 0.15) is 0 Å². The molecular formula is C15H17F2NO2. The standard InChI is InChI=1S/C15H17F2NO2/c1-8(2)13-11(7-12(19)18-15(13)20)9-3-5-10(6-4-9)14(16)17/h3-6,8,11,13-14H,7H2,1-2H3,(H,18,19,20). The number of carbonyl (C=O) groups excluding carboxylic acids is 2. The summed E-state index contributed by atoms with van der Waals surface area (Å²) in [6, 6.07) is 5.89. The monoisotopic (exact) mass is 281 g/mol. The fourth-order valence-corrected chi connectivity index (χ4v) is 2.76. The van der Waals surface area contributed by atoms with Crippen LogP contribution in [0.4, 0.5) is 8.78 Å². The summed E-state index contributed by atoms with van der Waals surface area (Å²) in [5.74, 6) is -1.08. The molecule has 0 spiro atoms. The van der Waals surface area contributed by atoms with Crippen molar-refractivity contribution in [1.82, 2.24) is 5.32 Å². The van der Waals surface area contributed by atoms with Crippen molar-refractivity contribution in [1.29, 1.82) is 0 Å². The molecule has 1 aliphatic heterocycles. The highest BCUT2D eigenvalue weighted by molar-refractivity contribution is 6.00. The van der Waals surface area contributed by atoms with E-state index in [1.807, 2.05) is 13.8 Å². The molecule has 0 aliphatic carbocycles. The number of amides is 2. The second-order valence-corrected chi connectivity index (χ2v) is 5.46. The minimum absolute atomic E-state index is 0.0542. The Morgan fingerprint density at radius 3 is 2.25 bits per heavy atom. The van der Waals surface area contributed by atoms with E-state index in [1.54, 1.807) is 12.1 Å². The first-order valence-electron chi connectivity index (χ1n) is 6.62. The van der Waals surface area contributed by atoms with Gasteiger partial charge >= 0.3 is 0 Å². The van der Waals surface area contributed by atoms with Crippen LogP contribution in [0.2, 0.25) is 0 Å². The predicted molar refractivity (Wildman–Crippen MR) is 70.2 cm³/mol. The summed E-state index contributed by atoms with van der Waals surface area (Å²) in [5.41, 5.74) is 0.706. The molecule has 2 unspecified atom stereocenters. The second-order valence-electron chi connectivity index (χ2n) is 5.46. The minimum atomic E-state index is -2.51. The lowest BCUT2D eigenvalue weighted by Crippen LogP contribution is -2.46. The summed E-state index contributed by atoms with van der Waals surface area (Å²) in [7, 11) is 0. The van der Waals surface area contributed by atoms with Gasteiger partial charge in [0.25, 0.3) is 6.43 Å². The summed E-state index contributed by atoms with van der Waals surface area (Å²) in [5, 5.41) is 2.34. The molecule has 1 aliphatic rings. The summed E-state index contributed by atoms with van der Waals surface area (Å²) >= 11 is 0. The lowest BCUT2D eigenvalue weighted by Gasteiger charge is -2.33. The number of piperidine rings is 1. The highest BCUT2D eigenvalue weighted by Crippen LogP contribution is 2.36. The number of carbonyl (C=O) groups is 2. The van der Waals surface area contributed by atoms with Crippen LogP contribution in [0, 0.1) is 11.8 Å². The zero-order valence-electron chi connectivity index (χ0n) is 11.4. The largest absolute Gasteiger partial charge is 0.296 e. The Kier molecular flexibility index (Phi) is 4.16. The Morgan fingerprint density at radius 1 is 1.15 bits per heavy atom. The Morgan fingerprint density at radius 2 is 1.75 bits per heavy atom. The smallest absolute Gasteiger partial charge is 0.263 e. The van der Waals surface area contributed by atoms with Crippen LogP contribution in [0.5, 0.6) is 0 Å². The first-order valence-corrected chi connectivity index (χ1v) is 6.62. The normalized spacial score (nSPS) is 23.3. The van der Waals surface area contributed by atoms with Crippen LogP contribution in [0.25, 0.3) is 0 Å². The van der Waals surface area contributed by atoms with Gasteiger partial charge in [0, 0.05) is 23.8 Å². The molecule has 0 bridgehead atoms. The van der Waals surface area contributed by atoms with Crippen LogP contribution in [0.1, 0.15) is 43.7 Å². The minimum Gasteiger partial charge on any atom is -0.296 e. The fraction of sp³-hybridized carbons (Fsp3) is 0.467. The van der Waals surface area contributed by atoms with Crippen molar-refractivity contribution in [3.8, 4) is 0 Å². The van der Waals surface area contributed by atoms with Crippen molar-refractivity contribution < 1.29 is 18.4 Å². The SMILES string of the molecule is CC(C)C1C(=O)NC(=O)CC1c1ccc(C(F)F)cc1. The molecule has 1 saturated heterocycles. The molecule has 2 amide bonds. The van der Waals surface area contributed by atoms with Crippen molar-refractivity contribution in [3.63, 3.8) is 0 Å². The fourth-order valence-electron chi connectivity index (χ4n) is 2.76. The van der Waals surface area contributed by atoms with Crippen LogP contribution in [-0.4, -0.2) is 11.8 Å². The summed E-state index contributed by atoms with van der Waals surface area (Å²) in [6.07, 6.45) is -2.30. The van der Waals surface area contributed by atoms with Gasteiger partial charge in [-0.2, -0.15) is 0 Å². The van der Waals surface area contributed by atoms with E-state index in [1.165, 1.54) is 12.1 Å². The number of halogens is 2. The quantitative estimate of drug-likeness (QED) is 0.866. The topological polar surface area (TPSA) is 46.2 Å². The van der Waals surface area contributed by atoms with Crippen LogP contribution in [0.15, 0.2) is 24.3 Å². The van der Waals surface area contributed by atoms with E-state index in [9.17, 15) is 18.4 Å². The molecular weight excluding hydrogens is 264 g/mol. The number of nitrogens with one attached hydrogen (secondary N) is 1. The van der Waals surface area contributed by atoms with Crippen molar-refractivity contribution in [3.05, 3.63) is 35.4 Å². The molecule has 1 aromatic rings. The van der Waals surface area contributed by atoms with Crippen LogP contribution in [-0.2, 0) is 9.59 Å². The average Bonchev–Trinajstić information content (AvgIpc) is 2.37. The number of alkyl halides is 2. The first-order chi connectivity index (χ1) is 9.40. The predicted octanol–water partition coefficient (Wildman–Crippen LogP) is 3.03. The second kappa shape index (κ2) is 5.69. The Bertz CT molecular complexity index is 511. The molecule has 20 heavy (non-hydrogen) atoms. The lowest BCUT2D eigenvalue weighted by atomic mass is 9.74. The van der Waals surface area contributed by atoms with E-state index in [2.05, 4.69) is 5.32 Å². The zero-order valence-corrected chi connectivity index (χ0v) is 11.4. The van der Waals surface area contributed by atoms with Crippen molar-refractivity contribution in [2.75, 3.05) is 0 Å². The third-order valence-corrected chi connectivity index (χ3v) is 3.74. The van der Waals surface area contributed by atoms with Gasteiger partial charge in [-0.1, -0.05) is 38.1 Å². The van der Waals surface area contributed by atoms with E-state index in [0.29, 0.717) is 0 Å². The van der Waals surface area contributed by atoms with Crippen molar-refractivity contribution >= 4 is 11.8 Å². The summed E-state index contributed by atoms with van der Waals surface area (Å²) in [6.45, 7) is 3.83. The number of benzene rings is 1. The molecule has 1 fully saturated rings. The van der Waals surface area contributed by atoms with Gasteiger partial charge in [-0.15, -0.1) is 0 Å². The molecule has 0 radical (unpaired) electrons. The van der Waals surface area contributed by atoms with E-state index >= 15 is 0 Å². The molecule has 1 N–H and O–H groups in total. The molecule has 1 aromatic carbocycles. The molecule has 1 heterocycles. The van der Waals surface area contributed by atoms with Crippen LogP contribution < -0.4 is 5.32 Å². The molecule has 3 nitrogen and oxygen atoms in total. The summed E-state index contributed by atoms with van der Waals surface area (Å²) in [4.78, 5) is 23.5. The van der Waals surface area contributed by atoms with E-state index in [0.717, 1.165) is 5.56 Å². The number of rotatable bonds is 3. The van der Waals surface area contributed by atoms with Crippen LogP contribution in [0.3, 0.4) is 0 Å². The highest BCUT2D eigenvalue weighted by Gasteiger charge is 2.38. The number of hydrogen-bond donors (Lipinski definition) is 1. The number of imide groups is 1. The maximum absolute atomic E-state index is 12.6. The highest BCUT2D eigenvalue weighted by atomic mass is 19.3. The summed E-state index contributed by atoms with van der Waals surface area (Å²) < 4.78 is 25.1. The van der Waals surface area contributed by atoms with Gasteiger partial charge in [-0.25, -0.2) is 8.78 Å². The Hall–Kier alpha value is -1.78. The van der Waals surface area contributed by atoms with E-state index in [-0.39, 0.29) is 41.6 Å². The Balaban J connectivity index is 2.31. The molecule has 0 aromatic heterocycles. The maximum atomic E-state index is 12.6. The van der Waals surface area contributed by atoms with E-state index < -0.39 is 6.43 Å². The van der Waals surface area contributed by atoms with Crippen molar-refractivity contribution in [2.24, 2.45) is 11.8 Å². The average molecular weight is 281 g/mol. The van der Waals surface area contributed by atoms with E-state index in [4.69, 9.17) is 0 Å². The molecule has 5 heteroatoms. The van der Waals surface area contributed by atoms with Gasteiger partial charge in [0.15, 0.2) is 0 Å². The zero-order chi connectivity index (χ0) is 14.9. The third kappa shape index (κ3) is 2.86. The first kappa shape index (κ1) is 14.6. The van der Waals surface area contributed by atoms with Gasteiger partial charge in [-0.05, 0) is 11.5 Å². The number of hydrogen-bond acceptors (Lipinski definition) is 2. The van der Waals surface area contributed by atoms with Crippen molar-refractivity contribution in [2.45, 2.75) is 32.6 Å². The van der Waals surface area contributed by atoms with Gasteiger partial charge < -0.3 is 0 Å². The van der Waals surface area contributed by atoms with Gasteiger partial charge in [0.05, 0.1) is 0 Å².